The SMILES string of the molecule is CCCCC(CC)CNC(=NCc1ccc([N+](=O)[O-])cc1)N1CCC(O)CC1. The number of hydrogen-bond acceptors (Lipinski definition) is 4. The van der Waals surface area contributed by atoms with Crippen LogP contribution in [0.4, 0.5) is 5.69 Å². The Hall–Kier alpha value is -2.15. The van der Waals surface area contributed by atoms with Crippen molar-refractivity contribution < 1.29 is 10.0 Å². The van der Waals surface area contributed by atoms with E-state index in [1.165, 1.54) is 31.4 Å². The van der Waals surface area contributed by atoms with Crippen molar-refractivity contribution in [3.8, 4) is 0 Å². The van der Waals surface area contributed by atoms with Gasteiger partial charge < -0.3 is 15.3 Å². The van der Waals surface area contributed by atoms with Gasteiger partial charge in [-0.15, -0.1) is 0 Å². The zero-order valence-electron chi connectivity index (χ0n) is 17.1. The van der Waals surface area contributed by atoms with Gasteiger partial charge in [-0.2, -0.15) is 0 Å². The Bertz CT molecular complexity index is 625. The van der Waals surface area contributed by atoms with E-state index < -0.39 is 0 Å². The molecule has 2 N–H and O–H groups in total. The fourth-order valence-electron chi connectivity index (χ4n) is 3.41. The number of aliphatic hydroxyl groups is 1. The molecule has 0 spiro atoms. The maximum atomic E-state index is 10.8. The third kappa shape index (κ3) is 7.11. The van der Waals surface area contributed by atoms with Crippen LogP contribution >= 0.6 is 0 Å². The lowest BCUT2D eigenvalue weighted by atomic mass is 9.99. The molecule has 1 aliphatic heterocycles. The second kappa shape index (κ2) is 11.6. The Balaban J connectivity index is 2.03. The quantitative estimate of drug-likeness (QED) is 0.290. The third-order valence-electron chi connectivity index (χ3n) is 5.41. The van der Waals surface area contributed by atoms with Crippen LogP contribution in [0.2, 0.25) is 0 Å². The number of aliphatic hydroxyl groups excluding tert-OH is 1. The number of likely N-dealkylation sites (tertiary alicyclic amines) is 1. The number of guanidine groups is 1. The van der Waals surface area contributed by atoms with Crippen molar-refractivity contribution in [3.63, 3.8) is 0 Å². The summed E-state index contributed by atoms with van der Waals surface area (Å²) in [5.74, 6) is 1.50. The Kier molecular flexibility index (Phi) is 9.20. The van der Waals surface area contributed by atoms with Crippen LogP contribution in [0.3, 0.4) is 0 Å². The van der Waals surface area contributed by atoms with Crippen molar-refractivity contribution in [2.24, 2.45) is 10.9 Å². The molecule has 2 rings (SSSR count). The van der Waals surface area contributed by atoms with Crippen molar-refractivity contribution in [1.82, 2.24) is 10.2 Å². The molecule has 28 heavy (non-hydrogen) atoms. The highest BCUT2D eigenvalue weighted by Crippen LogP contribution is 2.15. The zero-order valence-corrected chi connectivity index (χ0v) is 17.1. The molecule has 1 aliphatic rings. The van der Waals surface area contributed by atoms with Gasteiger partial charge in [-0.1, -0.05) is 45.2 Å². The summed E-state index contributed by atoms with van der Waals surface area (Å²) in [5.41, 5.74) is 1.04. The Morgan fingerprint density at radius 1 is 1.32 bits per heavy atom. The monoisotopic (exact) mass is 390 g/mol. The fourth-order valence-corrected chi connectivity index (χ4v) is 3.41. The summed E-state index contributed by atoms with van der Waals surface area (Å²) in [7, 11) is 0. The van der Waals surface area contributed by atoms with Gasteiger partial charge in [-0.25, -0.2) is 4.99 Å². The van der Waals surface area contributed by atoms with E-state index in [9.17, 15) is 15.2 Å². The lowest BCUT2D eigenvalue weighted by Crippen LogP contribution is -2.47. The highest BCUT2D eigenvalue weighted by Gasteiger charge is 2.20. The van der Waals surface area contributed by atoms with Crippen molar-refractivity contribution in [2.75, 3.05) is 19.6 Å². The molecule has 1 fully saturated rings. The lowest BCUT2D eigenvalue weighted by molar-refractivity contribution is -0.384. The first-order chi connectivity index (χ1) is 13.5. The number of nitro groups is 1. The second-order valence-corrected chi connectivity index (χ2v) is 7.58. The smallest absolute Gasteiger partial charge is 0.269 e. The minimum absolute atomic E-state index is 0.0952. The molecule has 0 aromatic heterocycles. The number of piperidine rings is 1. The van der Waals surface area contributed by atoms with Crippen LogP contribution in [0, 0.1) is 16.0 Å². The number of benzene rings is 1. The van der Waals surface area contributed by atoms with E-state index in [1.807, 2.05) is 0 Å². The number of nitro benzene ring substituents is 1. The molecule has 1 unspecified atom stereocenters. The van der Waals surface area contributed by atoms with Gasteiger partial charge in [0.05, 0.1) is 17.6 Å². The summed E-state index contributed by atoms with van der Waals surface area (Å²) in [4.78, 5) is 17.4. The molecule has 156 valence electrons. The summed E-state index contributed by atoms with van der Waals surface area (Å²) in [6.45, 7) is 7.40. The highest BCUT2D eigenvalue weighted by atomic mass is 16.6. The molecule has 1 heterocycles. The molecule has 7 heteroatoms. The number of aliphatic imine (C=N–C) groups is 1. The van der Waals surface area contributed by atoms with Crippen LogP contribution in [-0.2, 0) is 6.54 Å². The number of unbranched alkanes of at least 4 members (excludes halogenated alkanes) is 1. The number of rotatable bonds is 9. The Morgan fingerprint density at radius 2 is 2.00 bits per heavy atom. The average Bonchev–Trinajstić information content (AvgIpc) is 2.71. The van der Waals surface area contributed by atoms with Crippen molar-refractivity contribution >= 4 is 11.6 Å². The van der Waals surface area contributed by atoms with Crippen LogP contribution < -0.4 is 5.32 Å². The molecule has 0 saturated carbocycles. The first-order valence-electron chi connectivity index (χ1n) is 10.5. The van der Waals surface area contributed by atoms with E-state index in [0.29, 0.717) is 12.5 Å². The van der Waals surface area contributed by atoms with Crippen molar-refractivity contribution in [3.05, 3.63) is 39.9 Å². The van der Waals surface area contributed by atoms with Crippen LogP contribution in [0.25, 0.3) is 0 Å². The normalized spacial score (nSPS) is 16.8. The molecular formula is C21H34N4O3. The van der Waals surface area contributed by atoms with E-state index in [4.69, 9.17) is 4.99 Å². The van der Waals surface area contributed by atoms with Crippen LogP contribution in [0.5, 0.6) is 0 Å². The zero-order chi connectivity index (χ0) is 20.4. The first kappa shape index (κ1) is 22.1. The molecule has 1 aromatic rings. The predicted octanol–water partition coefficient (Wildman–Crippen LogP) is 3.71. The standard InChI is InChI=1S/C21H34N4O3/c1-3-5-6-17(4-2)15-22-21(24-13-11-20(26)12-14-24)23-16-18-7-9-19(10-8-18)25(27)28/h7-10,17,20,26H,3-6,11-16H2,1-2H3,(H,22,23). The summed E-state index contributed by atoms with van der Waals surface area (Å²) in [6, 6.07) is 6.56. The van der Waals surface area contributed by atoms with Gasteiger partial charge in [0.2, 0.25) is 0 Å². The van der Waals surface area contributed by atoms with E-state index in [-0.39, 0.29) is 16.7 Å². The number of nitrogens with zero attached hydrogens (tertiary/aromatic N) is 3. The minimum Gasteiger partial charge on any atom is -0.393 e. The van der Waals surface area contributed by atoms with Gasteiger partial charge in [0.15, 0.2) is 5.96 Å². The molecule has 1 atom stereocenters. The maximum absolute atomic E-state index is 10.8. The second-order valence-electron chi connectivity index (χ2n) is 7.58. The van der Waals surface area contributed by atoms with Gasteiger partial charge in [-0.05, 0) is 30.7 Å². The average molecular weight is 391 g/mol. The van der Waals surface area contributed by atoms with Crippen LogP contribution in [0.15, 0.2) is 29.3 Å². The molecule has 0 aliphatic carbocycles. The van der Waals surface area contributed by atoms with Crippen LogP contribution in [0.1, 0.15) is 57.9 Å². The van der Waals surface area contributed by atoms with Crippen molar-refractivity contribution in [2.45, 2.75) is 65.0 Å². The summed E-state index contributed by atoms with van der Waals surface area (Å²) in [5, 5.41) is 24.2. The van der Waals surface area contributed by atoms with Gasteiger partial charge in [0.1, 0.15) is 0 Å². The Morgan fingerprint density at radius 3 is 2.57 bits per heavy atom. The third-order valence-corrected chi connectivity index (χ3v) is 5.41. The molecular weight excluding hydrogens is 356 g/mol. The van der Waals surface area contributed by atoms with Crippen LogP contribution in [-0.4, -0.2) is 46.6 Å². The molecule has 0 radical (unpaired) electrons. The molecule has 7 nitrogen and oxygen atoms in total. The maximum Gasteiger partial charge on any atom is 0.269 e. The number of non-ortho nitro benzene ring substituents is 1. The van der Waals surface area contributed by atoms with E-state index in [0.717, 1.165) is 50.4 Å². The van der Waals surface area contributed by atoms with Crippen molar-refractivity contribution in [1.29, 1.82) is 0 Å². The Labute approximate surface area is 168 Å². The molecule has 1 aromatic carbocycles. The number of nitrogens with one attached hydrogen (secondary N) is 1. The van der Waals surface area contributed by atoms with E-state index >= 15 is 0 Å². The molecule has 0 amide bonds. The predicted molar refractivity (Wildman–Crippen MR) is 112 cm³/mol. The van der Waals surface area contributed by atoms with Gasteiger partial charge in [0, 0.05) is 31.8 Å². The van der Waals surface area contributed by atoms with Gasteiger partial charge >= 0.3 is 0 Å². The first-order valence-corrected chi connectivity index (χ1v) is 10.5. The van der Waals surface area contributed by atoms with Gasteiger partial charge in [0.25, 0.3) is 5.69 Å². The van der Waals surface area contributed by atoms with Gasteiger partial charge in [-0.3, -0.25) is 10.1 Å². The molecule has 0 bridgehead atoms. The van der Waals surface area contributed by atoms with E-state index in [2.05, 4.69) is 24.1 Å². The summed E-state index contributed by atoms with van der Waals surface area (Å²) < 4.78 is 0. The molecule has 1 saturated heterocycles. The van der Waals surface area contributed by atoms with E-state index in [1.54, 1.807) is 12.1 Å². The lowest BCUT2D eigenvalue weighted by Gasteiger charge is -2.33. The summed E-state index contributed by atoms with van der Waals surface area (Å²) >= 11 is 0. The summed E-state index contributed by atoms with van der Waals surface area (Å²) in [6.07, 6.45) is 6.10. The minimum atomic E-state index is -0.389. The largest absolute Gasteiger partial charge is 0.393 e. The topological polar surface area (TPSA) is 91.0 Å². The highest BCUT2D eigenvalue weighted by molar-refractivity contribution is 5.80. The fraction of sp³-hybridized carbons (Fsp3) is 0.667. The number of hydrogen-bond donors (Lipinski definition) is 2.